The summed E-state index contributed by atoms with van der Waals surface area (Å²) < 4.78 is 8.58. The lowest BCUT2D eigenvalue weighted by atomic mass is 9.73. The summed E-state index contributed by atoms with van der Waals surface area (Å²) in [6.07, 6.45) is 6.18. The molecule has 278 valence electrons. The van der Waals surface area contributed by atoms with Gasteiger partial charge in [-0.3, -0.25) is 19.3 Å². The summed E-state index contributed by atoms with van der Waals surface area (Å²) in [5, 5.41) is 2.71. The highest BCUT2D eigenvalue weighted by atomic mass is 16.5. The van der Waals surface area contributed by atoms with E-state index in [1.165, 1.54) is 6.42 Å². The quantitative estimate of drug-likeness (QED) is 0.229. The number of imidazole rings is 1. The zero-order chi connectivity index (χ0) is 37.4. The number of likely N-dealkylation sites (tertiary alicyclic amines) is 2. The number of carbonyl (C=O) groups is 3. The number of aryl methyl sites for hydroxylation is 1. The van der Waals surface area contributed by atoms with E-state index in [0.717, 1.165) is 59.3 Å². The molecular formula is C42H51N7O4. The van der Waals surface area contributed by atoms with E-state index in [4.69, 9.17) is 14.7 Å². The molecule has 4 aromatic rings. The zero-order valence-corrected chi connectivity index (χ0v) is 32.0. The van der Waals surface area contributed by atoms with Crippen LogP contribution in [0, 0.1) is 12.3 Å². The summed E-state index contributed by atoms with van der Waals surface area (Å²) in [5.41, 5.74) is 6.16. The second-order valence-corrected chi connectivity index (χ2v) is 16.7. The van der Waals surface area contributed by atoms with E-state index in [-0.39, 0.29) is 29.8 Å². The van der Waals surface area contributed by atoms with Gasteiger partial charge in [-0.25, -0.2) is 9.97 Å². The molecule has 2 saturated heterocycles. The van der Waals surface area contributed by atoms with Gasteiger partial charge in [0.1, 0.15) is 11.3 Å². The number of hydrogen-bond acceptors (Lipinski definition) is 7. The number of amides is 3. The number of anilines is 1. The molecular weight excluding hydrogens is 667 g/mol. The van der Waals surface area contributed by atoms with Crippen LogP contribution in [0.5, 0.6) is 11.6 Å². The standard InChI is InChI=1S/C42H51N7O4/c1-25(2)48-24-44-35-22-34(45-39(37(35)48)53-31-10-8-26(3)32(21-31)38(51)43-7)28-9-11-33-36(18-28)49(30-19-29(20-30)47-15-12-41(5,6)23-47)40(52)42(33)13-16-46(17-14-42)27(4)50/h8-11,18,21-22,24-25,29-30H,12-17,19-20,23H2,1-7H3,(H,43,51)/t29-,30+. The van der Waals surface area contributed by atoms with Crippen molar-refractivity contribution >= 4 is 34.4 Å². The largest absolute Gasteiger partial charge is 0.437 e. The van der Waals surface area contributed by atoms with Crippen molar-refractivity contribution < 1.29 is 19.1 Å². The van der Waals surface area contributed by atoms with Crippen molar-refractivity contribution in [1.29, 1.82) is 0 Å². The van der Waals surface area contributed by atoms with E-state index in [9.17, 15) is 14.4 Å². The molecule has 11 heteroatoms. The lowest BCUT2D eigenvalue weighted by Crippen LogP contribution is -2.57. The Balaban J connectivity index is 1.18. The van der Waals surface area contributed by atoms with Crippen molar-refractivity contribution in [2.45, 2.75) is 97.2 Å². The van der Waals surface area contributed by atoms with E-state index < -0.39 is 5.41 Å². The van der Waals surface area contributed by atoms with Crippen LogP contribution in [0.3, 0.4) is 0 Å². The van der Waals surface area contributed by atoms with Crippen LogP contribution in [0.2, 0.25) is 0 Å². The Hall–Kier alpha value is -4.77. The van der Waals surface area contributed by atoms with Crippen molar-refractivity contribution in [2.75, 3.05) is 38.1 Å². The Labute approximate surface area is 311 Å². The normalized spacial score (nSPS) is 22.1. The first-order valence-corrected chi connectivity index (χ1v) is 19.1. The number of fused-ring (bicyclic) bond motifs is 3. The predicted octanol–water partition coefficient (Wildman–Crippen LogP) is 6.63. The molecule has 4 aliphatic rings. The third-order valence-electron chi connectivity index (χ3n) is 12.4. The molecule has 1 spiro atoms. The van der Waals surface area contributed by atoms with Crippen molar-refractivity contribution in [3.8, 4) is 22.9 Å². The van der Waals surface area contributed by atoms with Crippen molar-refractivity contribution in [3.63, 3.8) is 0 Å². The van der Waals surface area contributed by atoms with Crippen LogP contribution < -0.4 is 15.0 Å². The highest BCUT2D eigenvalue weighted by molar-refractivity contribution is 6.09. The number of piperidine rings is 1. The maximum absolute atomic E-state index is 14.8. The van der Waals surface area contributed by atoms with Gasteiger partial charge in [0.05, 0.1) is 23.0 Å². The third kappa shape index (κ3) is 5.97. The number of carbonyl (C=O) groups excluding carboxylic acids is 3. The molecule has 8 rings (SSSR count). The molecule has 11 nitrogen and oxygen atoms in total. The van der Waals surface area contributed by atoms with Gasteiger partial charge < -0.3 is 24.4 Å². The van der Waals surface area contributed by atoms with E-state index >= 15 is 0 Å². The first-order chi connectivity index (χ1) is 25.3. The van der Waals surface area contributed by atoms with Crippen molar-refractivity contribution in [3.05, 3.63) is 65.5 Å². The van der Waals surface area contributed by atoms with Gasteiger partial charge in [-0.1, -0.05) is 32.0 Å². The Kier molecular flexibility index (Phi) is 8.63. The van der Waals surface area contributed by atoms with Crippen LogP contribution in [-0.4, -0.2) is 87.4 Å². The highest BCUT2D eigenvalue weighted by Crippen LogP contribution is 2.52. The minimum Gasteiger partial charge on any atom is -0.437 e. The monoisotopic (exact) mass is 717 g/mol. The van der Waals surface area contributed by atoms with E-state index in [0.29, 0.717) is 60.3 Å². The molecule has 2 aromatic carbocycles. The number of nitrogens with one attached hydrogen (secondary N) is 1. The summed E-state index contributed by atoms with van der Waals surface area (Å²) in [7, 11) is 1.62. The highest BCUT2D eigenvalue weighted by Gasteiger charge is 2.56. The second-order valence-electron chi connectivity index (χ2n) is 16.7. The lowest BCUT2D eigenvalue weighted by Gasteiger charge is -2.46. The molecule has 0 unspecified atom stereocenters. The fourth-order valence-electron chi connectivity index (χ4n) is 9.12. The van der Waals surface area contributed by atoms with Crippen LogP contribution in [-0.2, 0) is 15.0 Å². The number of hydrogen-bond donors (Lipinski definition) is 1. The molecule has 53 heavy (non-hydrogen) atoms. The molecule has 0 bridgehead atoms. The summed E-state index contributed by atoms with van der Waals surface area (Å²) in [6.45, 7) is 15.7. The molecule has 2 aromatic heterocycles. The fourth-order valence-corrected chi connectivity index (χ4v) is 9.12. The number of rotatable bonds is 7. The Morgan fingerprint density at radius 1 is 0.981 bits per heavy atom. The Morgan fingerprint density at radius 2 is 1.74 bits per heavy atom. The smallest absolute Gasteiger partial charge is 0.251 e. The number of pyridine rings is 1. The van der Waals surface area contributed by atoms with Gasteiger partial charge in [0.15, 0.2) is 0 Å². The molecule has 0 atom stereocenters. The average molecular weight is 718 g/mol. The van der Waals surface area contributed by atoms with E-state index in [1.54, 1.807) is 20.0 Å². The number of aromatic nitrogens is 3. The first-order valence-electron chi connectivity index (χ1n) is 19.1. The topological polar surface area (TPSA) is 113 Å². The lowest BCUT2D eigenvalue weighted by molar-refractivity contribution is -0.134. The molecule has 3 amide bonds. The number of ether oxygens (including phenoxy) is 1. The van der Waals surface area contributed by atoms with Crippen LogP contribution in [0.25, 0.3) is 22.3 Å². The maximum Gasteiger partial charge on any atom is 0.251 e. The number of nitrogens with zero attached hydrogens (tertiary/aromatic N) is 6. The van der Waals surface area contributed by atoms with E-state index in [1.807, 2.05) is 40.9 Å². The van der Waals surface area contributed by atoms with Crippen LogP contribution in [0.1, 0.15) is 94.2 Å². The average Bonchev–Trinajstić information content (AvgIpc) is 3.77. The van der Waals surface area contributed by atoms with E-state index in [2.05, 4.69) is 61.0 Å². The minimum absolute atomic E-state index is 0.0583. The van der Waals surface area contributed by atoms with Gasteiger partial charge >= 0.3 is 0 Å². The SMILES string of the molecule is CNC(=O)c1cc(Oc2nc(-c3ccc4c(c3)N([C@H]3C[C@@H](N5CCC(C)(C)C5)C3)C(=O)C43CCN(C(C)=O)CC3)cc3ncn(C(C)C)c23)ccc1C. The Bertz CT molecular complexity index is 2120. The molecule has 3 fully saturated rings. The second kappa shape index (κ2) is 13.0. The minimum atomic E-state index is -0.643. The Morgan fingerprint density at radius 3 is 2.40 bits per heavy atom. The summed E-state index contributed by atoms with van der Waals surface area (Å²) in [6, 6.07) is 14.5. The molecule has 1 aliphatic carbocycles. The van der Waals surface area contributed by atoms with Crippen LogP contribution in [0.4, 0.5) is 5.69 Å². The summed E-state index contributed by atoms with van der Waals surface area (Å²) >= 11 is 0. The van der Waals surface area contributed by atoms with Gasteiger partial charge in [0.2, 0.25) is 17.7 Å². The zero-order valence-electron chi connectivity index (χ0n) is 32.0. The maximum atomic E-state index is 14.8. The summed E-state index contributed by atoms with van der Waals surface area (Å²) in [5.74, 6) is 0.945. The predicted molar refractivity (Wildman–Crippen MR) is 205 cm³/mol. The van der Waals surface area contributed by atoms with Gasteiger partial charge in [-0.2, -0.15) is 0 Å². The molecule has 0 radical (unpaired) electrons. The molecule has 3 aliphatic heterocycles. The van der Waals surface area contributed by atoms with Crippen LogP contribution >= 0.6 is 0 Å². The molecule has 5 heterocycles. The first kappa shape index (κ1) is 35.3. The van der Waals surface area contributed by atoms with Gasteiger partial charge in [0.25, 0.3) is 5.91 Å². The van der Waals surface area contributed by atoms with Crippen molar-refractivity contribution in [2.24, 2.45) is 5.41 Å². The van der Waals surface area contributed by atoms with Crippen LogP contribution in [0.15, 0.2) is 48.8 Å². The van der Waals surface area contributed by atoms with Gasteiger partial charge in [0, 0.05) is 68.5 Å². The third-order valence-corrected chi connectivity index (χ3v) is 12.4. The summed E-state index contributed by atoms with van der Waals surface area (Å²) in [4.78, 5) is 56.2. The molecule has 1 saturated carbocycles. The van der Waals surface area contributed by atoms with Crippen molar-refractivity contribution in [1.82, 2.24) is 29.7 Å². The van der Waals surface area contributed by atoms with Gasteiger partial charge in [-0.15, -0.1) is 0 Å². The fraction of sp³-hybridized carbons (Fsp3) is 0.500. The molecule has 1 N–H and O–H groups in total. The van der Waals surface area contributed by atoms with Gasteiger partial charge in [-0.05, 0) is 100 Å². The number of benzene rings is 2.